The van der Waals surface area contributed by atoms with Gasteiger partial charge in [-0.2, -0.15) is 12.8 Å². The van der Waals surface area contributed by atoms with Crippen LogP contribution in [-0.2, 0) is 15.3 Å². The number of carboxylic acids is 1. The van der Waals surface area contributed by atoms with Crippen molar-refractivity contribution in [2.45, 2.75) is 32.2 Å². The Morgan fingerprint density at radius 2 is 2.17 bits per heavy atom. The molecule has 1 N–H and O–H groups in total. The van der Waals surface area contributed by atoms with Crippen LogP contribution < -0.4 is 0 Å². The number of hydrogen-bond acceptors (Lipinski definition) is 4. The highest BCUT2D eigenvalue weighted by molar-refractivity contribution is 7.61. The normalized spacial score (nSPS) is 12.1. The van der Waals surface area contributed by atoms with E-state index >= 15 is 0 Å². The Hall–Kier alpha value is -0.910. The van der Waals surface area contributed by atoms with E-state index in [1.807, 2.05) is 6.92 Å². The van der Waals surface area contributed by atoms with Gasteiger partial charge in [-0.3, -0.25) is 0 Å². The molecule has 0 spiro atoms. The van der Waals surface area contributed by atoms with Crippen molar-refractivity contribution in [2.75, 3.05) is 0 Å². The Balaban J connectivity index is 4.25. The molecular formula is C6H11NO4S. The van der Waals surface area contributed by atoms with Crippen LogP contribution in [0.1, 0.15) is 26.2 Å². The Bertz CT molecular complexity index is 261. The van der Waals surface area contributed by atoms with Crippen molar-refractivity contribution in [3.63, 3.8) is 0 Å². The molecule has 0 aromatic heterocycles. The van der Waals surface area contributed by atoms with E-state index in [1.54, 1.807) is 0 Å². The van der Waals surface area contributed by atoms with Gasteiger partial charge < -0.3 is 5.11 Å². The van der Waals surface area contributed by atoms with E-state index < -0.39 is 22.5 Å². The molecule has 0 heterocycles. The third-order valence-electron chi connectivity index (χ3n) is 1.33. The molecule has 0 amide bonds. The summed E-state index contributed by atoms with van der Waals surface area (Å²) >= 11 is 0. The first-order valence-electron chi connectivity index (χ1n) is 3.61. The zero-order valence-electron chi connectivity index (χ0n) is 6.73. The predicted octanol–water partition coefficient (Wildman–Crippen LogP) is 0.693. The maximum absolute atomic E-state index is 10.4. The molecule has 0 aliphatic rings. The van der Waals surface area contributed by atoms with Crippen LogP contribution in [0.15, 0.2) is 4.36 Å². The standard InChI is InChI=1S/C6H11NO4S/c1-2-3-4-5(6(8)9)7-12(10)11/h5H,2-4H2,1H3,(H,8,9). The lowest BCUT2D eigenvalue weighted by Crippen LogP contribution is -2.17. The van der Waals surface area contributed by atoms with Gasteiger partial charge in [0.05, 0.1) is 0 Å². The van der Waals surface area contributed by atoms with E-state index in [0.717, 1.165) is 6.42 Å². The van der Waals surface area contributed by atoms with Crippen LogP contribution in [0.3, 0.4) is 0 Å². The van der Waals surface area contributed by atoms with Crippen molar-refractivity contribution in [3.8, 4) is 0 Å². The second-order valence-electron chi connectivity index (χ2n) is 2.32. The summed E-state index contributed by atoms with van der Waals surface area (Å²) in [4.78, 5) is 10.4. The van der Waals surface area contributed by atoms with Crippen molar-refractivity contribution in [1.82, 2.24) is 0 Å². The third kappa shape index (κ3) is 4.84. The molecule has 0 bridgehead atoms. The van der Waals surface area contributed by atoms with E-state index in [2.05, 4.69) is 4.36 Å². The fourth-order valence-electron chi connectivity index (χ4n) is 0.723. The number of hydrogen-bond donors (Lipinski definition) is 1. The minimum atomic E-state index is -2.63. The molecule has 1 unspecified atom stereocenters. The minimum absolute atomic E-state index is 0.278. The van der Waals surface area contributed by atoms with Crippen LogP contribution in [-0.4, -0.2) is 25.5 Å². The number of unbranched alkanes of at least 4 members (excludes halogenated alkanes) is 1. The van der Waals surface area contributed by atoms with E-state index in [4.69, 9.17) is 5.11 Å². The average Bonchev–Trinajstić information content (AvgIpc) is 1.96. The number of nitrogens with zero attached hydrogens (tertiary/aromatic N) is 1. The fourth-order valence-corrected chi connectivity index (χ4v) is 1.13. The maximum Gasteiger partial charge on any atom is 0.329 e. The summed E-state index contributed by atoms with van der Waals surface area (Å²) < 4.78 is 23.1. The molecule has 0 rings (SSSR count). The van der Waals surface area contributed by atoms with E-state index in [1.165, 1.54) is 0 Å². The average molecular weight is 193 g/mol. The number of carbonyl (C=O) groups is 1. The van der Waals surface area contributed by atoms with Crippen LogP contribution in [0.2, 0.25) is 0 Å². The van der Waals surface area contributed by atoms with Gasteiger partial charge in [-0.25, -0.2) is 4.79 Å². The van der Waals surface area contributed by atoms with Gasteiger partial charge in [0.2, 0.25) is 0 Å². The molecule has 0 saturated heterocycles. The molecule has 0 radical (unpaired) electrons. The van der Waals surface area contributed by atoms with Crippen LogP contribution in [0.25, 0.3) is 0 Å². The van der Waals surface area contributed by atoms with Crippen molar-refractivity contribution in [2.24, 2.45) is 4.36 Å². The topological polar surface area (TPSA) is 83.8 Å². The highest BCUT2D eigenvalue weighted by Gasteiger charge is 2.15. The Kier molecular flexibility index (Phi) is 5.27. The molecular weight excluding hydrogens is 182 g/mol. The zero-order valence-corrected chi connectivity index (χ0v) is 7.54. The summed E-state index contributed by atoms with van der Waals surface area (Å²) in [6.07, 6.45) is 1.77. The molecule has 1 atom stereocenters. The Labute approximate surface area is 72.1 Å². The quantitative estimate of drug-likeness (QED) is 0.696. The molecule has 70 valence electrons. The first kappa shape index (κ1) is 11.1. The first-order valence-corrected chi connectivity index (χ1v) is 4.64. The molecule has 0 saturated carbocycles. The largest absolute Gasteiger partial charge is 0.480 e. The second kappa shape index (κ2) is 5.70. The van der Waals surface area contributed by atoms with E-state index in [-0.39, 0.29) is 6.42 Å². The highest BCUT2D eigenvalue weighted by atomic mass is 32.2. The summed E-state index contributed by atoms with van der Waals surface area (Å²) in [5.41, 5.74) is 0. The fraction of sp³-hybridized carbons (Fsp3) is 0.833. The molecule has 12 heavy (non-hydrogen) atoms. The van der Waals surface area contributed by atoms with Gasteiger partial charge in [0.1, 0.15) is 0 Å². The van der Waals surface area contributed by atoms with Crippen molar-refractivity contribution < 1.29 is 18.3 Å². The predicted molar refractivity (Wildman–Crippen MR) is 42.3 cm³/mol. The molecule has 0 fully saturated rings. The van der Waals surface area contributed by atoms with Crippen molar-refractivity contribution >= 4 is 16.5 Å². The van der Waals surface area contributed by atoms with E-state index in [9.17, 15) is 13.2 Å². The van der Waals surface area contributed by atoms with Crippen LogP contribution in [0.5, 0.6) is 0 Å². The third-order valence-corrected chi connectivity index (χ3v) is 1.76. The van der Waals surface area contributed by atoms with Gasteiger partial charge in [-0.15, -0.1) is 0 Å². The van der Waals surface area contributed by atoms with Crippen LogP contribution in [0.4, 0.5) is 0 Å². The summed E-state index contributed by atoms with van der Waals surface area (Å²) in [5.74, 6) is -1.19. The van der Waals surface area contributed by atoms with Crippen molar-refractivity contribution in [1.29, 1.82) is 0 Å². The van der Waals surface area contributed by atoms with Gasteiger partial charge in [0.25, 0.3) is 0 Å². The summed E-state index contributed by atoms with van der Waals surface area (Å²) in [5, 5.41) is 8.48. The smallest absolute Gasteiger partial charge is 0.329 e. The molecule has 0 aromatic rings. The second-order valence-corrected chi connectivity index (χ2v) is 2.96. The lowest BCUT2D eigenvalue weighted by molar-refractivity contribution is -0.138. The van der Waals surface area contributed by atoms with Gasteiger partial charge in [0.15, 0.2) is 6.04 Å². The monoisotopic (exact) mass is 193 g/mol. The van der Waals surface area contributed by atoms with Gasteiger partial charge in [-0.1, -0.05) is 19.8 Å². The maximum atomic E-state index is 10.4. The van der Waals surface area contributed by atoms with Gasteiger partial charge >= 0.3 is 16.5 Å². The Morgan fingerprint density at radius 1 is 1.58 bits per heavy atom. The van der Waals surface area contributed by atoms with E-state index in [0.29, 0.717) is 6.42 Å². The first-order chi connectivity index (χ1) is 5.57. The molecule has 0 aliphatic carbocycles. The molecule has 6 heteroatoms. The highest BCUT2D eigenvalue weighted by Crippen LogP contribution is 2.04. The lowest BCUT2D eigenvalue weighted by atomic mass is 10.1. The summed E-state index contributed by atoms with van der Waals surface area (Å²) in [6.45, 7) is 1.90. The SMILES string of the molecule is CCCCC(N=S(=O)=O)C(=O)O. The molecule has 0 aliphatic heterocycles. The Morgan fingerprint density at radius 3 is 2.50 bits per heavy atom. The minimum Gasteiger partial charge on any atom is -0.480 e. The van der Waals surface area contributed by atoms with Gasteiger partial charge in [-0.05, 0) is 6.42 Å². The zero-order chi connectivity index (χ0) is 9.56. The van der Waals surface area contributed by atoms with Crippen LogP contribution in [0, 0.1) is 0 Å². The lowest BCUT2D eigenvalue weighted by Gasteiger charge is -2.01. The van der Waals surface area contributed by atoms with Crippen molar-refractivity contribution in [3.05, 3.63) is 0 Å². The summed E-state index contributed by atoms with van der Waals surface area (Å²) in [7, 11) is -2.63. The molecule has 5 nitrogen and oxygen atoms in total. The number of rotatable bonds is 5. The number of aliphatic carboxylic acids is 1. The molecule has 0 aromatic carbocycles. The van der Waals surface area contributed by atoms with Gasteiger partial charge in [0, 0.05) is 0 Å². The van der Waals surface area contributed by atoms with Crippen LogP contribution >= 0.6 is 0 Å². The number of carboxylic acid groups (broad SMARTS) is 1. The summed E-state index contributed by atoms with van der Waals surface area (Å²) in [6, 6.07) is -1.11.